The van der Waals surface area contributed by atoms with Gasteiger partial charge in [-0.2, -0.15) is 0 Å². The van der Waals surface area contributed by atoms with Gasteiger partial charge in [-0.25, -0.2) is 0 Å². The van der Waals surface area contributed by atoms with Gasteiger partial charge in [-0.3, -0.25) is 4.79 Å². The molecule has 0 saturated carbocycles. The lowest BCUT2D eigenvalue weighted by molar-refractivity contribution is -0.128. The molecule has 6 nitrogen and oxygen atoms in total. The molecule has 1 saturated heterocycles. The summed E-state index contributed by atoms with van der Waals surface area (Å²) in [6.07, 6.45) is 4.31. The Balaban J connectivity index is 1.30. The Morgan fingerprint density at radius 2 is 1.83 bits per heavy atom. The molecule has 0 radical (unpaired) electrons. The van der Waals surface area contributed by atoms with Crippen molar-refractivity contribution in [1.82, 2.24) is 24.6 Å². The molecule has 0 aliphatic carbocycles. The van der Waals surface area contributed by atoms with Gasteiger partial charge >= 0.3 is 0 Å². The van der Waals surface area contributed by atoms with E-state index >= 15 is 0 Å². The first-order chi connectivity index (χ1) is 14.1. The molecule has 1 amide bonds. The van der Waals surface area contributed by atoms with Crippen LogP contribution in [0.1, 0.15) is 62.2 Å². The van der Waals surface area contributed by atoms with Gasteiger partial charge in [0.05, 0.1) is 0 Å². The van der Waals surface area contributed by atoms with E-state index in [0.29, 0.717) is 11.8 Å². The van der Waals surface area contributed by atoms with Crippen molar-refractivity contribution in [3.8, 4) is 0 Å². The quantitative estimate of drug-likeness (QED) is 0.781. The number of fused-ring (bicyclic) bond motifs is 1. The number of carbonyl (C=O) groups excluding carboxylic acids is 1. The summed E-state index contributed by atoms with van der Waals surface area (Å²) in [4.78, 5) is 16.3. The number of aromatic nitrogens is 3. The molecule has 4 rings (SSSR count). The van der Waals surface area contributed by atoms with Crippen LogP contribution in [0.2, 0.25) is 0 Å². The molecule has 1 atom stereocenters. The van der Waals surface area contributed by atoms with Crippen LogP contribution in [0.3, 0.4) is 0 Å². The van der Waals surface area contributed by atoms with Crippen LogP contribution in [0.4, 0.5) is 0 Å². The molecule has 29 heavy (non-hydrogen) atoms. The number of nitrogens with zero attached hydrogens (tertiary/aromatic N) is 5. The Morgan fingerprint density at radius 3 is 2.55 bits per heavy atom. The third-order valence-electron chi connectivity index (χ3n) is 6.70. The van der Waals surface area contributed by atoms with Crippen LogP contribution >= 0.6 is 0 Å². The van der Waals surface area contributed by atoms with E-state index in [4.69, 9.17) is 0 Å². The van der Waals surface area contributed by atoms with Gasteiger partial charge in [0.1, 0.15) is 11.6 Å². The molecule has 3 heterocycles. The van der Waals surface area contributed by atoms with E-state index in [1.807, 2.05) is 4.90 Å². The first-order valence-electron chi connectivity index (χ1n) is 11.1. The predicted octanol–water partition coefficient (Wildman–Crippen LogP) is 3.06. The minimum Gasteiger partial charge on any atom is -0.341 e. The second kappa shape index (κ2) is 9.08. The largest absolute Gasteiger partial charge is 0.341 e. The SMILES string of the molecule is CC(=O)N1CCc2nnc(C3CCN(CCC(C)c4ccccc4)CC3)n2CC1. The van der Waals surface area contributed by atoms with Gasteiger partial charge in [-0.15, -0.1) is 10.2 Å². The molecule has 2 aliphatic rings. The summed E-state index contributed by atoms with van der Waals surface area (Å²) < 4.78 is 2.29. The van der Waals surface area contributed by atoms with Crippen LogP contribution in [-0.4, -0.2) is 63.2 Å². The first-order valence-corrected chi connectivity index (χ1v) is 11.1. The van der Waals surface area contributed by atoms with Crippen LogP contribution in [-0.2, 0) is 17.8 Å². The maximum absolute atomic E-state index is 11.7. The fourth-order valence-corrected chi connectivity index (χ4v) is 4.70. The zero-order valence-electron chi connectivity index (χ0n) is 17.8. The lowest BCUT2D eigenvalue weighted by atomic mass is 9.94. The minimum absolute atomic E-state index is 0.156. The third-order valence-corrected chi connectivity index (χ3v) is 6.70. The summed E-state index contributed by atoms with van der Waals surface area (Å²) in [5, 5.41) is 9.02. The van der Waals surface area contributed by atoms with Gasteiger partial charge in [0, 0.05) is 38.9 Å². The molecule has 1 aromatic carbocycles. The van der Waals surface area contributed by atoms with Crippen LogP contribution in [0.25, 0.3) is 0 Å². The number of benzene rings is 1. The molecule has 6 heteroatoms. The summed E-state index contributed by atoms with van der Waals surface area (Å²) in [5.74, 6) is 3.43. The Hall–Kier alpha value is -2.21. The number of carbonyl (C=O) groups is 1. The second-order valence-corrected chi connectivity index (χ2v) is 8.60. The van der Waals surface area contributed by atoms with Crippen LogP contribution in [0.5, 0.6) is 0 Å². The van der Waals surface area contributed by atoms with Crippen molar-refractivity contribution in [1.29, 1.82) is 0 Å². The normalized spacial score (nSPS) is 19.6. The summed E-state index contributed by atoms with van der Waals surface area (Å²) in [7, 11) is 0. The highest BCUT2D eigenvalue weighted by atomic mass is 16.2. The third kappa shape index (κ3) is 4.69. The molecular weight excluding hydrogens is 362 g/mol. The molecule has 0 bridgehead atoms. The number of hydrogen-bond donors (Lipinski definition) is 0. The van der Waals surface area contributed by atoms with Crippen molar-refractivity contribution in [2.75, 3.05) is 32.7 Å². The molecule has 156 valence electrons. The van der Waals surface area contributed by atoms with Gasteiger partial charge < -0.3 is 14.4 Å². The van der Waals surface area contributed by atoms with Crippen molar-refractivity contribution < 1.29 is 4.79 Å². The Kier molecular flexibility index (Phi) is 6.28. The molecular formula is C23H33N5O. The zero-order valence-corrected chi connectivity index (χ0v) is 17.8. The van der Waals surface area contributed by atoms with Gasteiger partial charge in [0.15, 0.2) is 0 Å². The summed E-state index contributed by atoms with van der Waals surface area (Å²) >= 11 is 0. The van der Waals surface area contributed by atoms with E-state index in [1.54, 1.807) is 6.92 Å². The number of hydrogen-bond acceptors (Lipinski definition) is 4. The van der Waals surface area contributed by atoms with Crippen LogP contribution in [0.15, 0.2) is 30.3 Å². The zero-order chi connectivity index (χ0) is 20.2. The monoisotopic (exact) mass is 395 g/mol. The fourth-order valence-electron chi connectivity index (χ4n) is 4.70. The highest BCUT2D eigenvalue weighted by molar-refractivity contribution is 5.73. The highest BCUT2D eigenvalue weighted by Crippen LogP contribution is 2.29. The molecule has 2 aromatic rings. The predicted molar refractivity (Wildman–Crippen MR) is 114 cm³/mol. The summed E-state index contributed by atoms with van der Waals surface area (Å²) in [6, 6.07) is 10.8. The van der Waals surface area contributed by atoms with Crippen molar-refractivity contribution in [2.45, 2.75) is 57.9 Å². The van der Waals surface area contributed by atoms with Crippen molar-refractivity contribution in [2.24, 2.45) is 0 Å². The number of piperidine rings is 1. The van der Waals surface area contributed by atoms with E-state index in [9.17, 15) is 4.79 Å². The van der Waals surface area contributed by atoms with E-state index in [2.05, 4.69) is 56.9 Å². The topological polar surface area (TPSA) is 54.3 Å². The Labute approximate surface area is 173 Å². The average molecular weight is 396 g/mol. The smallest absolute Gasteiger partial charge is 0.219 e. The maximum Gasteiger partial charge on any atom is 0.219 e. The summed E-state index contributed by atoms with van der Waals surface area (Å²) in [6.45, 7) is 9.76. The molecule has 1 unspecified atom stereocenters. The summed E-state index contributed by atoms with van der Waals surface area (Å²) in [5.41, 5.74) is 1.44. The lowest BCUT2D eigenvalue weighted by Gasteiger charge is -2.32. The molecule has 2 aliphatic heterocycles. The molecule has 1 fully saturated rings. The van der Waals surface area contributed by atoms with E-state index in [-0.39, 0.29) is 5.91 Å². The molecule has 0 spiro atoms. The number of likely N-dealkylation sites (tertiary alicyclic amines) is 1. The standard InChI is InChI=1S/C23H33N5O/c1-18(20-6-4-3-5-7-20)8-12-26-13-9-21(10-14-26)23-25-24-22-11-15-27(19(2)29)16-17-28(22)23/h3-7,18,21H,8-17H2,1-2H3. The maximum atomic E-state index is 11.7. The number of rotatable bonds is 5. The minimum atomic E-state index is 0.156. The van der Waals surface area contributed by atoms with Crippen molar-refractivity contribution in [3.05, 3.63) is 47.5 Å². The van der Waals surface area contributed by atoms with Gasteiger partial charge in [-0.05, 0) is 50.4 Å². The molecule has 0 N–H and O–H groups in total. The Bertz CT molecular complexity index is 810. The van der Waals surface area contributed by atoms with Gasteiger partial charge in [0.2, 0.25) is 5.91 Å². The second-order valence-electron chi connectivity index (χ2n) is 8.60. The van der Waals surface area contributed by atoms with Crippen LogP contribution < -0.4 is 0 Å². The fraction of sp³-hybridized carbons (Fsp3) is 0.609. The number of amides is 1. The van der Waals surface area contributed by atoms with Gasteiger partial charge in [0.25, 0.3) is 0 Å². The van der Waals surface area contributed by atoms with Crippen LogP contribution in [0, 0.1) is 0 Å². The van der Waals surface area contributed by atoms with E-state index in [1.165, 1.54) is 12.0 Å². The first kappa shape index (κ1) is 20.1. The van der Waals surface area contributed by atoms with E-state index < -0.39 is 0 Å². The van der Waals surface area contributed by atoms with E-state index in [0.717, 1.165) is 70.2 Å². The lowest BCUT2D eigenvalue weighted by Crippen LogP contribution is -2.35. The Morgan fingerprint density at radius 1 is 1.07 bits per heavy atom. The molecule has 1 aromatic heterocycles. The van der Waals surface area contributed by atoms with Gasteiger partial charge in [-0.1, -0.05) is 37.3 Å². The van der Waals surface area contributed by atoms with Crippen molar-refractivity contribution >= 4 is 5.91 Å². The highest BCUT2D eigenvalue weighted by Gasteiger charge is 2.28. The van der Waals surface area contributed by atoms with Crippen molar-refractivity contribution in [3.63, 3.8) is 0 Å². The average Bonchev–Trinajstić information content (AvgIpc) is 3.03.